The van der Waals surface area contributed by atoms with Crippen LogP contribution < -0.4 is 10.6 Å². The van der Waals surface area contributed by atoms with E-state index in [1.54, 1.807) is 13.8 Å². The second-order valence-electron chi connectivity index (χ2n) is 9.82. The van der Waals surface area contributed by atoms with Crippen LogP contribution in [0.25, 0.3) is 0 Å². The van der Waals surface area contributed by atoms with Gasteiger partial charge in [0, 0.05) is 26.1 Å². The van der Waals surface area contributed by atoms with E-state index >= 15 is 0 Å². The van der Waals surface area contributed by atoms with E-state index in [-0.39, 0.29) is 39.3 Å². The lowest BCUT2D eigenvalue weighted by atomic mass is 10.0. The third-order valence-electron chi connectivity index (χ3n) is 6.48. The number of rotatable bonds is 15. The standard InChI is InChI=1S/C26H38F6N2O8/c1-5-9-39-21-17(33-23(35)25(27,28)29)13-19(15(3)41-21)37-11-7-8-12-38-20-14-18(34-24(36)26(30,31)32)22(40-10-6-2)42-16(20)4/h5-6,15-22H,1-2,7-14H2,3-4H3,(H,33,35)(H,34,36)/t15-,16-,17-,18-,19+,20+,21+,22+/m0/s1. The summed E-state index contributed by atoms with van der Waals surface area (Å²) in [6.07, 6.45) is -11.0. The summed E-state index contributed by atoms with van der Waals surface area (Å²) in [5, 5.41) is 3.79. The number of amides is 2. The normalized spacial score (nSPS) is 30.4. The predicted octanol–water partition coefficient (Wildman–Crippen LogP) is 3.31. The minimum Gasteiger partial charge on any atom is -0.375 e. The second kappa shape index (κ2) is 16.6. The molecule has 2 aliphatic rings. The molecule has 0 radical (unpaired) electrons. The van der Waals surface area contributed by atoms with Crippen molar-refractivity contribution in [3.8, 4) is 0 Å². The Morgan fingerprint density at radius 3 is 1.40 bits per heavy atom. The minimum atomic E-state index is -5.08. The number of nitrogens with one attached hydrogen (secondary N) is 2. The Bertz CT molecular complexity index is 820. The van der Waals surface area contributed by atoms with E-state index in [0.29, 0.717) is 12.8 Å². The topological polar surface area (TPSA) is 114 Å². The second-order valence-corrected chi connectivity index (χ2v) is 9.82. The average Bonchev–Trinajstić information content (AvgIpc) is 2.90. The van der Waals surface area contributed by atoms with Gasteiger partial charge < -0.3 is 39.1 Å². The molecule has 42 heavy (non-hydrogen) atoms. The van der Waals surface area contributed by atoms with Crippen molar-refractivity contribution in [3.63, 3.8) is 0 Å². The lowest BCUT2D eigenvalue weighted by Gasteiger charge is -2.40. The molecule has 2 N–H and O–H groups in total. The first kappa shape index (κ1) is 36.0. The number of ether oxygens (including phenoxy) is 6. The molecule has 16 heteroatoms. The van der Waals surface area contributed by atoms with E-state index in [0.717, 1.165) is 0 Å². The number of halogens is 6. The smallest absolute Gasteiger partial charge is 0.375 e. The fraction of sp³-hybridized carbons (Fsp3) is 0.769. The Morgan fingerprint density at radius 1 is 0.738 bits per heavy atom. The van der Waals surface area contributed by atoms with Gasteiger partial charge in [-0.15, -0.1) is 13.2 Å². The van der Waals surface area contributed by atoms with Crippen molar-refractivity contribution in [1.29, 1.82) is 0 Å². The summed E-state index contributed by atoms with van der Waals surface area (Å²) in [5.74, 6) is -4.23. The quantitative estimate of drug-likeness (QED) is 0.163. The van der Waals surface area contributed by atoms with Crippen molar-refractivity contribution in [2.24, 2.45) is 0 Å². The van der Waals surface area contributed by atoms with E-state index in [1.807, 2.05) is 10.6 Å². The van der Waals surface area contributed by atoms with E-state index in [4.69, 9.17) is 28.4 Å². The van der Waals surface area contributed by atoms with Gasteiger partial charge in [-0.2, -0.15) is 26.3 Å². The van der Waals surface area contributed by atoms with E-state index < -0.39 is 73.2 Å². The average molecular weight is 621 g/mol. The Hall–Kier alpha value is -2.24. The number of unbranched alkanes of at least 4 members (excludes halogenated alkanes) is 1. The highest BCUT2D eigenvalue weighted by atomic mass is 19.4. The fourth-order valence-corrected chi connectivity index (χ4v) is 4.37. The van der Waals surface area contributed by atoms with Gasteiger partial charge in [-0.3, -0.25) is 9.59 Å². The highest BCUT2D eigenvalue weighted by molar-refractivity contribution is 5.82. The molecular formula is C26H38F6N2O8. The largest absolute Gasteiger partial charge is 0.471 e. The van der Waals surface area contributed by atoms with Gasteiger partial charge in [0.2, 0.25) is 0 Å². The summed E-state index contributed by atoms with van der Waals surface area (Å²) in [7, 11) is 0. The predicted molar refractivity (Wildman–Crippen MR) is 135 cm³/mol. The molecule has 10 nitrogen and oxygen atoms in total. The number of carbonyl (C=O) groups is 2. The van der Waals surface area contributed by atoms with Gasteiger partial charge in [0.25, 0.3) is 0 Å². The Balaban J connectivity index is 1.83. The zero-order chi connectivity index (χ0) is 31.5. The van der Waals surface area contributed by atoms with Crippen LogP contribution in [0.3, 0.4) is 0 Å². The van der Waals surface area contributed by atoms with Gasteiger partial charge in [-0.25, -0.2) is 0 Å². The SMILES string of the molecule is C=CCO[C@@H]1O[C@@H](C)[C@H](OCCCCO[C@@H]2C[C@H](NC(=O)C(F)(F)F)[C@H](OCC=C)O[C@H]2C)C[C@@H]1NC(=O)C(F)(F)F. The summed E-state index contributed by atoms with van der Waals surface area (Å²) < 4.78 is 110. The van der Waals surface area contributed by atoms with Gasteiger partial charge in [-0.1, -0.05) is 12.2 Å². The maximum absolute atomic E-state index is 12.8. The first-order chi connectivity index (χ1) is 19.7. The molecule has 2 amide bonds. The molecule has 8 atom stereocenters. The van der Waals surface area contributed by atoms with Crippen LogP contribution in [0, 0.1) is 0 Å². The highest BCUT2D eigenvalue weighted by Crippen LogP contribution is 2.27. The third-order valence-corrected chi connectivity index (χ3v) is 6.48. The molecule has 0 aromatic heterocycles. The fourth-order valence-electron chi connectivity index (χ4n) is 4.37. The van der Waals surface area contributed by atoms with Crippen LogP contribution in [0.2, 0.25) is 0 Å². The van der Waals surface area contributed by atoms with Crippen molar-refractivity contribution in [2.45, 2.75) is 101 Å². The van der Waals surface area contributed by atoms with Crippen molar-refractivity contribution in [2.75, 3.05) is 26.4 Å². The Labute approximate surface area is 240 Å². The van der Waals surface area contributed by atoms with Crippen LogP contribution in [-0.4, -0.2) is 99.7 Å². The summed E-state index contributed by atoms with van der Waals surface area (Å²) in [6, 6.07) is -2.22. The van der Waals surface area contributed by atoms with Crippen molar-refractivity contribution in [1.82, 2.24) is 10.6 Å². The van der Waals surface area contributed by atoms with Gasteiger partial charge >= 0.3 is 24.2 Å². The first-order valence-corrected chi connectivity index (χ1v) is 13.4. The lowest BCUT2D eigenvalue weighted by Crippen LogP contribution is -2.57. The molecule has 2 heterocycles. The van der Waals surface area contributed by atoms with E-state index in [9.17, 15) is 35.9 Å². The molecule has 242 valence electrons. The molecule has 2 fully saturated rings. The monoisotopic (exact) mass is 620 g/mol. The van der Waals surface area contributed by atoms with Crippen LogP contribution in [0.5, 0.6) is 0 Å². The molecule has 0 spiro atoms. The Morgan fingerprint density at radius 2 is 1.10 bits per heavy atom. The lowest BCUT2D eigenvalue weighted by molar-refractivity contribution is -0.238. The number of hydrogen-bond donors (Lipinski definition) is 2. The zero-order valence-electron chi connectivity index (χ0n) is 23.4. The van der Waals surface area contributed by atoms with Crippen LogP contribution in [0.1, 0.15) is 39.5 Å². The molecule has 0 aromatic rings. The molecule has 2 saturated heterocycles. The van der Waals surface area contributed by atoms with Gasteiger partial charge in [0.1, 0.15) is 0 Å². The number of hydrogen-bond acceptors (Lipinski definition) is 8. The number of alkyl halides is 6. The molecule has 2 aliphatic heterocycles. The van der Waals surface area contributed by atoms with Crippen LogP contribution in [0.4, 0.5) is 26.3 Å². The maximum atomic E-state index is 12.8. The van der Waals surface area contributed by atoms with Crippen LogP contribution in [-0.2, 0) is 38.0 Å². The van der Waals surface area contributed by atoms with Crippen molar-refractivity contribution < 1.29 is 64.4 Å². The van der Waals surface area contributed by atoms with E-state index in [2.05, 4.69) is 13.2 Å². The van der Waals surface area contributed by atoms with Crippen LogP contribution in [0.15, 0.2) is 25.3 Å². The van der Waals surface area contributed by atoms with Crippen molar-refractivity contribution >= 4 is 11.8 Å². The van der Waals surface area contributed by atoms with Crippen LogP contribution >= 0.6 is 0 Å². The summed E-state index contributed by atoms with van der Waals surface area (Å²) in [5.41, 5.74) is 0. The van der Waals surface area contributed by atoms with Gasteiger partial charge in [0.15, 0.2) is 12.6 Å². The summed E-state index contributed by atoms with van der Waals surface area (Å²) >= 11 is 0. The van der Waals surface area contributed by atoms with Gasteiger partial charge in [0.05, 0.1) is 49.7 Å². The molecule has 0 bridgehead atoms. The zero-order valence-corrected chi connectivity index (χ0v) is 23.4. The maximum Gasteiger partial charge on any atom is 0.471 e. The Kier molecular flexibility index (Phi) is 14.2. The third kappa shape index (κ3) is 11.4. The summed E-state index contributed by atoms with van der Waals surface area (Å²) in [4.78, 5) is 23.0. The number of carbonyl (C=O) groups excluding carboxylic acids is 2. The molecule has 0 unspecified atom stereocenters. The molecule has 0 saturated carbocycles. The molecule has 2 rings (SSSR count). The minimum absolute atomic E-state index is 0.00387. The summed E-state index contributed by atoms with van der Waals surface area (Å²) in [6.45, 7) is 10.7. The first-order valence-electron chi connectivity index (χ1n) is 13.4. The van der Waals surface area contributed by atoms with Crippen molar-refractivity contribution in [3.05, 3.63) is 25.3 Å². The molecular weight excluding hydrogens is 582 g/mol. The van der Waals surface area contributed by atoms with E-state index in [1.165, 1.54) is 12.2 Å². The van der Waals surface area contributed by atoms with Gasteiger partial charge in [-0.05, 0) is 26.7 Å². The molecule has 0 aromatic carbocycles. The highest BCUT2D eigenvalue weighted by Gasteiger charge is 2.46. The molecule has 0 aliphatic carbocycles.